The number of hydrogen-bond acceptors (Lipinski definition) is 3. The molecule has 1 rings (SSSR count). The average molecular weight is 286 g/mol. The lowest BCUT2D eigenvalue weighted by Gasteiger charge is -2.15. The lowest BCUT2D eigenvalue weighted by Crippen LogP contribution is -2.29. The van der Waals surface area contributed by atoms with Crippen molar-refractivity contribution in [1.82, 2.24) is 5.32 Å². The summed E-state index contributed by atoms with van der Waals surface area (Å²) in [4.78, 5) is 12.1. The number of methoxy groups -OCH3 is 1. The van der Waals surface area contributed by atoms with Gasteiger partial charge in [0.2, 0.25) is 0 Å². The van der Waals surface area contributed by atoms with Crippen LogP contribution in [0, 0.1) is 5.92 Å². The molecule has 1 aromatic carbocycles. The molecule has 0 aromatic heterocycles. The van der Waals surface area contributed by atoms with Crippen molar-refractivity contribution >= 4 is 17.5 Å². The summed E-state index contributed by atoms with van der Waals surface area (Å²) in [5, 5.41) is 12.3. The van der Waals surface area contributed by atoms with Crippen LogP contribution in [0.4, 0.5) is 0 Å². The Hall–Kier alpha value is -1.26. The second-order valence-electron chi connectivity index (χ2n) is 4.34. The molecule has 1 unspecified atom stereocenters. The molecule has 0 saturated carbocycles. The molecule has 1 aromatic rings. The van der Waals surface area contributed by atoms with E-state index in [1.807, 2.05) is 6.92 Å². The van der Waals surface area contributed by atoms with Gasteiger partial charge in [0.05, 0.1) is 12.7 Å². The van der Waals surface area contributed by atoms with E-state index in [9.17, 15) is 4.79 Å². The van der Waals surface area contributed by atoms with Crippen LogP contribution in [0.5, 0.6) is 5.75 Å². The smallest absolute Gasteiger partial charge is 0.255 e. The summed E-state index contributed by atoms with van der Waals surface area (Å²) in [6, 6.07) is 4.93. The fourth-order valence-corrected chi connectivity index (χ4v) is 2.00. The normalized spacial score (nSPS) is 12.0. The van der Waals surface area contributed by atoms with E-state index in [0.29, 0.717) is 29.3 Å². The lowest BCUT2D eigenvalue weighted by atomic mass is 10.0. The Morgan fingerprint density at radius 3 is 2.84 bits per heavy atom. The number of ether oxygens (including phenoxy) is 1. The van der Waals surface area contributed by atoms with Gasteiger partial charge in [0.25, 0.3) is 5.91 Å². The highest BCUT2D eigenvalue weighted by Gasteiger charge is 2.14. The topological polar surface area (TPSA) is 58.6 Å². The maximum atomic E-state index is 12.1. The van der Waals surface area contributed by atoms with Crippen LogP contribution in [0.1, 0.15) is 30.1 Å². The van der Waals surface area contributed by atoms with Crippen molar-refractivity contribution in [1.29, 1.82) is 0 Å². The molecule has 0 bridgehead atoms. The summed E-state index contributed by atoms with van der Waals surface area (Å²) in [6.45, 7) is 2.70. The van der Waals surface area contributed by atoms with Crippen molar-refractivity contribution in [3.8, 4) is 5.75 Å². The Morgan fingerprint density at radius 2 is 2.26 bits per heavy atom. The maximum Gasteiger partial charge on any atom is 0.255 e. The molecular formula is C14H20ClNO3. The first-order valence-corrected chi connectivity index (χ1v) is 6.72. The first kappa shape index (κ1) is 15.8. The number of aliphatic hydroxyl groups excluding tert-OH is 1. The number of benzene rings is 1. The number of halogens is 1. The summed E-state index contributed by atoms with van der Waals surface area (Å²) in [7, 11) is 1.51. The van der Waals surface area contributed by atoms with Gasteiger partial charge in [-0.2, -0.15) is 0 Å². The van der Waals surface area contributed by atoms with Crippen LogP contribution >= 0.6 is 11.6 Å². The standard InChI is InChI=1S/C14H20ClNO3/c1-3-10(6-7-17)9-16-14(18)12-8-11(15)4-5-13(12)19-2/h4-5,8,10,17H,3,6-7,9H2,1-2H3,(H,16,18). The van der Waals surface area contributed by atoms with E-state index in [4.69, 9.17) is 21.4 Å². The zero-order valence-electron chi connectivity index (χ0n) is 11.3. The summed E-state index contributed by atoms with van der Waals surface area (Å²) in [5.41, 5.74) is 0.425. The van der Waals surface area contributed by atoms with E-state index in [1.54, 1.807) is 18.2 Å². The van der Waals surface area contributed by atoms with Gasteiger partial charge in [-0.25, -0.2) is 0 Å². The minimum Gasteiger partial charge on any atom is -0.496 e. The van der Waals surface area contributed by atoms with Crippen molar-refractivity contribution in [2.45, 2.75) is 19.8 Å². The van der Waals surface area contributed by atoms with E-state index >= 15 is 0 Å². The van der Waals surface area contributed by atoms with Gasteiger partial charge in [-0.05, 0) is 30.5 Å². The predicted molar refractivity (Wildman–Crippen MR) is 75.8 cm³/mol. The van der Waals surface area contributed by atoms with Crippen molar-refractivity contribution in [3.05, 3.63) is 28.8 Å². The summed E-state index contributed by atoms with van der Waals surface area (Å²) < 4.78 is 5.14. The van der Waals surface area contributed by atoms with E-state index in [-0.39, 0.29) is 18.4 Å². The fraction of sp³-hybridized carbons (Fsp3) is 0.500. The molecule has 0 heterocycles. The van der Waals surface area contributed by atoms with Crippen LogP contribution in [0.3, 0.4) is 0 Å². The average Bonchev–Trinajstić information content (AvgIpc) is 2.43. The molecule has 19 heavy (non-hydrogen) atoms. The van der Waals surface area contributed by atoms with Crippen molar-refractivity contribution in [2.75, 3.05) is 20.3 Å². The Labute approximate surface area is 118 Å². The summed E-state index contributed by atoms with van der Waals surface area (Å²) in [5.74, 6) is 0.562. The Balaban J connectivity index is 2.69. The summed E-state index contributed by atoms with van der Waals surface area (Å²) in [6.07, 6.45) is 1.59. The SMILES string of the molecule is CCC(CCO)CNC(=O)c1cc(Cl)ccc1OC. The third kappa shape index (κ3) is 4.73. The number of rotatable bonds is 7. The third-order valence-electron chi connectivity index (χ3n) is 3.07. The zero-order chi connectivity index (χ0) is 14.3. The molecular weight excluding hydrogens is 266 g/mol. The van der Waals surface area contributed by atoms with Gasteiger partial charge in [0.1, 0.15) is 5.75 Å². The molecule has 0 saturated heterocycles. The van der Waals surface area contributed by atoms with Gasteiger partial charge in [0.15, 0.2) is 0 Å². The molecule has 1 amide bonds. The minimum atomic E-state index is -0.212. The van der Waals surface area contributed by atoms with Gasteiger partial charge in [-0.3, -0.25) is 4.79 Å². The molecule has 1 atom stereocenters. The first-order valence-electron chi connectivity index (χ1n) is 6.35. The summed E-state index contributed by atoms with van der Waals surface area (Å²) >= 11 is 5.89. The van der Waals surface area contributed by atoms with Gasteiger partial charge in [-0.1, -0.05) is 24.9 Å². The van der Waals surface area contributed by atoms with Crippen LogP contribution in [-0.2, 0) is 0 Å². The van der Waals surface area contributed by atoms with Gasteiger partial charge < -0.3 is 15.2 Å². The maximum absolute atomic E-state index is 12.1. The number of amides is 1. The van der Waals surface area contributed by atoms with Crippen LogP contribution in [0.25, 0.3) is 0 Å². The van der Waals surface area contributed by atoms with E-state index in [1.165, 1.54) is 7.11 Å². The predicted octanol–water partition coefficient (Wildman–Crippen LogP) is 2.49. The third-order valence-corrected chi connectivity index (χ3v) is 3.31. The largest absolute Gasteiger partial charge is 0.496 e. The first-order chi connectivity index (χ1) is 9.12. The number of carbonyl (C=O) groups is 1. The van der Waals surface area contributed by atoms with Crippen molar-refractivity contribution in [3.63, 3.8) is 0 Å². The van der Waals surface area contributed by atoms with Crippen LogP contribution in [0.15, 0.2) is 18.2 Å². The Kier molecular flexibility index (Phi) is 6.67. The Morgan fingerprint density at radius 1 is 1.53 bits per heavy atom. The molecule has 0 aliphatic rings. The molecule has 2 N–H and O–H groups in total. The van der Waals surface area contributed by atoms with E-state index < -0.39 is 0 Å². The quantitative estimate of drug-likeness (QED) is 0.809. The van der Waals surface area contributed by atoms with Gasteiger partial charge in [0, 0.05) is 18.2 Å². The highest BCUT2D eigenvalue weighted by molar-refractivity contribution is 6.31. The molecule has 0 spiro atoms. The molecule has 106 valence electrons. The molecule has 4 nitrogen and oxygen atoms in total. The minimum absolute atomic E-state index is 0.134. The van der Waals surface area contributed by atoms with Gasteiger partial charge in [-0.15, -0.1) is 0 Å². The zero-order valence-corrected chi connectivity index (χ0v) is 12.0. The van der Waals surface area contributed by atoms with Crippen LogP contribution in [-0.4, -0.2) is 31.3 Å². The number of hydrogen-bond donors (Lipinski definition) is 2. The Bertz CT molecular complexity index is 423. The van der Waals surface area contributed by atoms with E-state index in [2.05, 4.69) is 5.32 Å². The van der Waals surface area contributed by atoms with Crippen molar-refractivity contribution < 1.29 is 14.6 Å². The highest BCUT2D eigenvalue weighted by atomic mass is 35.5. The number of aliphatic hydroxyl groups is 1. The molecule has 0 radical (unpaired) electrons. The second-order valence-corrected chi connectivity index (χ2v) is 4.78. The molecule has 5 heteroatoms. The monoisotopic (exact) mass is 285 g/mol. The van der Waals surface area contributed by atoms with Crippen LogP contribution in [0.2, 0.25) is 5.02 Å². The highest BCUT2D eigenvalue weighted by Crippen LogP contribution is 2.22. The fourth-order valence-electron chi connectivity index (χ4n) is 1.82. The lowest BCUT2D eigenvalue weighted by molar-refractivity contribution is 0.0940. The molecule has 0 fully saturated rings. The molecule has 0 aliphatic carbocycles. The molecule has 0 aliphatic heterocycles. The van der Waals surface area contributed by atoms with Crippen LogP contribution < -0.4 is 10.1 Å². The van der Waals surface area contributed by atoms with Crippen molar-refractivity contribution in [2.24, 2.45) is 5.92 Å². The van der Waals surface area contributed by atoms with E-state index in [0.717, 1.165) is 6.42 Å². The number of carbonyl (C=O) groups excluding carboxylic acids is 1. The number of nitrogens with one attached hydrogen (secondary N) is 1. The van der Waals surface area contributed by atoms with Gasteiger partial charge >= 0.3 is 0 Å². The second kappa shape index (κ2) is 8.02.